The number of hydrogen-bond acceptors (Lipinski definition) is 7. The molecule has 2 aliphatic heterocycles. The number of nitrogens with zero attached hydrogens (tertiary/aromatic N) is 1. The first-order valence-corrected chi connectivity index (χ1v) is 10.3. The summed E-state index contributed by atoms with van der Waals surface area (Å²) in [5, 5.41) is 3.13. The number of imide groups is 1. The van der Waals surface area contributed by atoms with Crippen LogP contribution in [0.4, 0.5) is 4.79 Å². The Kier molecular flexibility index (Phi) is 5.04. The van der Waals surface area contributed by atoms with Crippen LogP contribution in [0.3, 0.4) is 0 Å². The zero-order valence-electron chi connectivity index (χ0n) is 17.9. The molecule has 166 valence electrons. The fourth-order valence-electron chi connectivity index (χ4n) is 4.59. The van der Waals surface area contributed by atoms with Crippen molar-refractivity contribution in [3.05, 3.63) is 35.4 Å². The summed E-state index contributed by atoms with van der Waals surface area (Å²) in [5.41, 5.74) is -1.95. The second-order valence-corrected chi connectivity index (χ2v) is 9.50. The minimum absolute atomic E-state index is 0.158. The molecule has 9 heteroatoms. The second kappa shape index (κ2) is 7.33. The highest BCUT2D eigenvalue weighted by molar-refractivity contribution is 6.21. The lowest BCUT2D eigenvalue weighted by Crippen LogP contribution is -2.68. The molecule has 1 saturated heterocycles. The third kappa shape index (κ3) is 3.89. The number of fused-ring (bicyclic) bond motifs is 1. The van der Waals surface area contributed by atoms with E-state index in [0.717, 1.165) is 12.8 Å². The Bertz CT molecular complexity index is 900. The van der Waals surface area contributed by atoms with Gasteiger partial charge in [-0.15, -0.1) is 0 Å². The molecule has 2 heterocycles. The van der Waals surface area contributed by atoms with Gasteiger partial charge in [0.15, 0.2) is 0 Å². The number of alkyl carbamates (subject to hydrolysis) is 1. The smallest absolute Gasteiger partial charge is 0.408 e. The van der Waals surface area contributed by atoms with E-state index in [-0.39, 0.29) is 16.5 Å². The maximum atomic E-state index is 13.2. The third-order valence-electron chi connectivity index (χ3n) is 5.97. The van der Waals surface area contributed by atoms with Gasteiger partial charge in [0.05, 0.1) is 11.1 Å². The molecule has 2 fully saturated rings. The average molecular weight is 430 g/mol. The molecular weight excluding hydrogens is 404 g/mol. The monoisotopic (exact) mass is 430 g/mol. The van der Waals surface area contributed by atoms with Crippen LogP contribution in [0.5, 0.6) is 0 Å². The van der Waals surface area contributed by atoms with Crippen LogP contribution in [0.25, 0.3) is 0 Å². The SMILES string of the molecule is CC(C)(C)OC(=O)NC1(C(=O)ON2C(=O)c3ccccc3C2=O)CC2(CCOCC2)C1. The predicted octanol–water partition coefficient (Wildman–Crippen LogP) is 2.59. The van der Waals surface area contributed by atoms with E-state index >= 15 is 0 Å². The van der Waals surface area contributed by atoms with Gasteiger partial charge < -0.3 is 19.6 Å². The molecule has 3 amide bonds. The number of hydroxylamine groups is 2. The molecule has 1 saturated carbocycles. The first-order chi connectivity index (χ1) is 14.5. The summed E-state index contributed by atoms with van der Waals surface area (Å²) in [5.74, 6) is -2.27. The fraction of sp³-hybridized carbons (Fsp3) is 0.545. The van der Waals surface area contributed by atoms with Gasteiger partial charge in [-0.1, -0.05) is 17.2 Å². The van der Waals surface area contributed by atoms with Crippen LogP contribution in [0.2, 0.25) is 0 Å². The van der Waals surface area contributed by atoms with Gasteiger partial charge in [-0.05, 0) is 64.0 Å². The Labute approximate surface area is 180 Å². The molecule has 1 spiro atoms. The van der Waals surface area contributed by atoms with E-state index in [1.54, 1.807) is 32.9 Å². The van der Waals surface area contributed by atoms with Crippen molar-refractivity contribution in [2.24, 2.45) is 5.41 Å². The van der Waals surface area contributed by atoms with Crippen molar-refractivity contribution in [1.82, 2.24) is 10.4 Å². The Hall–Kier alpha value is -2.94. The molecular formula is C22H26N2O7. The minimum atomic E-state index is -1.38. The Balaban J connectivity index is 1.53. The zero-order chi connectivity index (χ0) is 22.4. The highest BCUT2D eigenvalue weighted by Crippen LogP contribution is 2.55. The largest absolute Gasteiger partial charge is 0.444 e. The summed E-state index contributed by atoms with van der Waals surface area (Å²) in [6, 6.07) is 6.25. The highest BCUT2D eigenvalue weighted by Gasteiger charge is 2.62. The number of carbonyl (C=O) groups is 4. The van der Waals surface area contributed by atoms with E-state index in [1.165, 1.54) is 12.1 Å². The standard InChI is InChI=1S/C22H26N2O7/c1-20(2,3)30-19(28)23-22(12-21(13-22)8-10-29-11-9-21)18(27)31-24-16(25)14-6-4-5-7-15(14)17(24)26/h4-7H,8-13H2,1-3H3,(H,23,28). The van der Waals surface area contributed by atoms with E-state index in [9.17, 15) is 19.2 Å². The molecule has 31 heavy (non-hydrogen) atoms. The maximum absolute atomic E-state index is 13.2. The van der Waals surface area contributed by atoms with Crippen molar-refractivity contribution in [3.8, 4) is 0 Å². The van der Waals surface area contributed by atoms with Gasteiger partial charge >= 0.3 is 12.1 Å². The lowest BCUT2D eigenvalue weighted by Gasteiger charge is -2.55. The van der Waals surface area contributed by atoms with Crippen LogP contribution in [0.1, 0.15) is 67.2 Å². The van der Waals surface area contributed by atoms with Crippen molar-refractivity contribution in [1.29, 1.82) is 0 Å². The quantitative estimate of drug-likeness (QED) is 0.734. The molecule has 9 nitrogen and oxygen atoms in total. The summed E-state index contributed by atoms with van der Waals surface area (Å²) >= 11 is 0. The fourth-order valence-corrected chi connectivity index (χ4v) is 4.59. The van der Waals surface area contributed by atoms with Gasteiger partial charge in [-0.25, -0.2) is 9.59 Å². The summed E-state index contributed by atoms with van der Waals surface area (Å²) in [4.78, 5) is 56.1. The predicted molar refractivity (Wildman–Crippen MR) is 107 cm³/mol. The van der Waals surface area contributed by atoms with E-state index < -0.39 is 35.0 Å². The number of benzene rings is 1. The minimum Gasteiger partial charge on any atom is -0.444 e. The van der Waals surface area contributed by atoms with Gasteiger partial charge in [0.1, 0.15) is 11.1 Å². The third-order valence-corrected chi connectivity index (χ3v) is 5.97. The average Bonchev–Trinajstić information content (AvgIpc) is 2.91. The summed E-state index contributed by atoms with van der Waals surface area (Å²) in [6.45, 7) is 6.32. The van der Waals surface area contributed by atoms with Gasteiger partial charge in [-0.3, -0.25) is 9.59 Å². The van der Waals surface area contributed by atoms with E-state index in [2.05, 4.69) is 5.32 Å². The molecule has 3 aliphatic rings. The van der Waals surface area contributed by atoms with Crippen LogP contribution in [-0.4, -0.2) is 53.3 Å². The normalized spacial score (nSPS) is 21.3. The van der Waals surface area contributed by atoms with Crippen LogP contribution >= 0.6 is 0 Å². The van der Waals surface area contributed by atoms with Crippen molar-refractivity contribution < 1.29 is 33.5 Å². The van der Waals surface area contributed by atoms with Crippen molar-refractivity contribution >= 4 is 23.9 Å². The van der Waals surface area contributed by atoms with Crippen LogP contribution in [0, 0.1) is 5.41 Å². The lowest BCUT2D eigenvalue weighted by atomic mass is 9.54. The van der Waals surface area contributed by atoms with Gasteiger partial charge in [-0.2, -0.15) is 0 Å². The van der Waals surface area contributed by atoms with Crippen LogP contribution in [-0.2, 0) is 19.1 Å². The molecule has 0 bridgehead atoms. The van der Waals surface area contributed by atoms with Gasteiger partial charge in [0.25, 0.3) is 11.8 Å². The maximum Gasteiger partial charge on any atom is 0.408 e. The number of ether oxygens (including phenoxy) is 2. The number of hydrogen-bond donors (Lipinski definition) is 1. The molecule has 0 aromatic heterocycles. The number of carbonyl (C=O) groups excluding carboxylic acids is 4. The van der Waals surface area contributed by atoms with Crippen molar-refractivity contribution in [2.45, 2.75) is 57.6 Å². The molecule has 0 unspecified atom stereocenters. The Morgan fingerprint density at radius 2 is 1.58 bits per heavy atom. The molecule has 1 aromatic rings. The zero-order valence-corrected chi connectivity index (χ0v) is 17.9. The van der Waals surface area contributed by atoms with Gasteiger partial charge in [0, 0.05) is 13.2 Å². The van der Waals surface area contributed by atoms with E-state index in [4.69, 9.17) is 14.3 Å². The Morgan fingerprint density at radius 1 is 1.03 bits per heavy atom. The Morgan fingerprint density at radius 3 is 2.10 bits per heavy atom. The molecule has 4 rings (SSSR count). The van der Waals surface area contributed by atoms with Crippen molar-refractivity contribution in [2.75, 3.05) is 13.2 Å². The highest BCUT2D eigenvalue weighted by atomic mass is 16.7. The molecule has 1 aliphatic carbocycles. The number of nitrogens with one attached hydrogen (secondary N) is 1. The lowest BCUT2D eigenvalue weighted by molar-refractivity contribution is -0.191. The van der Waals surface area contributed by atoms with E-state index in [0.29, 0.717) is 31.1 Å². The van der Waals surface area contributed by atoms with Crippen LogP contribution < -0.4 is 5.32 Å². The molecule has 0 atom stereocenters. The molecule has 1 aromatic carbocycles. The first-order valence-electron chi connectivity index (χ1n) is 10.3. The van der Waals surface area contributed by atoms with Crippen LogP contribution in [0.15, 0.2) is 24.3 Å². The topological polar surface area (TPSA) is 111 Å². The summed E-state index contributed by atoms with van der Waals surface area (Å²) in [7, 11) is 0. The van der Waals surface area contributed by atoms with Crippen molar-refractivity contribution in [3.63, 3.8) is 0 Å². The summed E-state index contributed by atoms with van der Waals surface area (Å²) in [6.07, 6.45) is 1.40. The first kappa shape index (κ1) is 21.3. The number of amides is 3. The van der Waals surface area contributed by atoms with E-state index in [1.807, 2.05) is 0 Å². The number of rotatable bonds is 3. The second-order valence-electron chi connectivity index (χ2n) is 9.50. The molecule has 1 N–H and O–H groups in total. The molecule has 0 radical (unpaired) electrons. The van der Waals surface area contributed by atoms with Gasteiger partial charge in [0.2, 0.25) is 0 Å². The summed E-state index contributed by atoms with van der Waals surface area (Å²) < 4.78 is 10.8.